The van der Waals surface area contributed by atoms with Crippen LogP contribution < -0.4 is 19.5 Å². The predicted octanol–water partition coefficient (Wildman–Crippen LogP) is 5.16. The minimum atomic E-state index is -0.0237. The molecule has 0 aromatic heterocycles. The second-order valence-electron chi connectivity index (χ2n) is 11.1. The first-order valence-electron chi connectivity index (χ1n) is 14.1. The van der Waals surface area contributed by atoms with Gasteiger partial charge in [-0.1, -0.05) is 31.4 Å². The number of likely N-dealkylation sites (tertiary alicyclic amines) is 1. The van der Waals surface area contributed by atoms with Gasteiger partial charge in [-0.2, -0.15) is 0 Å². The number of methoxy groups -OCH3 is 2. The summed E-state index contributed by atoms with van der Waals surface area (Å²) in [6.45, 7) is 3.08. The van der Waals surface area contributed by atoms with E-state index in [0.717, 1.165) is 68.1 Å². The summed E-state index contributed by atoms with van der Waals surface area (Å²) in [6.07, 6.45) is 10.4. The maximum absolute atomic E-state index is 13.4. The number of carbonyl (C=O) groups excluding carboxylic acids is 1. The Kier molecular flexibility index (Phi) is 8.55. The lowest BCUT2D eigenvalue weighted by atomic mass is 9.87. The molecule has 1 saturated heterocycles. The van der Waals surface area contributed by atoms with E-state index in [1.807, 2.05) is 12.1 Å². The van der Waals surface area contributed by atoms with Gasteiger partial charge in [0.15, 0.2) is 11.5 Å². The molecule has 0 unspecified atom stereocenters. The smallest absolute Gasteiger partial charge is 0.224 e. The lowest BCUT2D eigenvalue weighted by molar-refractivity contribution is -0.128. The van der Waals surface area contributed by atoms with Crippen molar-refractivity contribution in [3.63, 3.8) is 0 Å². The Morgan fingerprint density at radius 3 is 2.54 bits per heavy atom. The number of amides is 1. The molecular weight excluding hydrogens is 464 g/mol. The van der Waals surface area contributed by atoms with Crippen molar-refractivity contribution in [2.45, 2.75) is 70.4 Å². The van der Waals surface area contributed by atoms with E-state index in [-0.39, 0.29) is 11.8 Å². The summed E-state index contributed by atoms with van der Waals surface area (Å²) in [5.41, 5.74) is 4.05. The van der Waals surface area contributed by atoms with E-state index >= 15 is 0 Å². The van der Waals surface area contributed by atoms with Crippen molar-refractivity contribution in [2.24, 2.45) is 11.8 Å². The van der Waals surface area contributed by atoms with Crippen molar-refractivity contribution in [2.75, 3.05) is 33.9 Å². The fraction of sp³-hybridized carbons (Fsp3) is 0.581. The minimum Gasteiger partial charge on any atom is -0.493 e. The number of aryl methyl sites for hydroxylation is 2. The number of carbonyl (C=O) groups is 1. The number of fused-ring (bicyclic) bond motifs is 1. The molecule has 1 amide bonds. The van der Waals surface area contributed by atoms with Gasteiger partial charge >= 0.3 is 0 Å². The first kappa shape index (κ1) is 25.9. The first-order valence-corrected chi connectivity index (χ1v) is 14.1. The lowest BCUT2D eigenvalue weighted by Crippen LogP contribution is -2.49. The summed E-state index contributed by atoms with van der Waals surface area (Å²) in [7, 11) is 3.32. The highest BCUT2D eigenvalue weighted by atomic mass is 16.5. The molecule has 2 aromatic carbocycles. The van der Waals surface area contributed by atoms with Gasteiger partial charge in [0, 0.05) is 31.6 Å². The summed E-state index contributed by atoms with van der Waals surface area (Å²) in [6, 6.07) is 13.0. The van der Waals surface area contributed by atoms with Crippen molar-refractivity contribution >= 4 is 5.91 Å². The van der Waals surface area contributed by atoms with Crippen molar-refractivity contribution in [3.8, 4) is 17.2 Å². The molecule has 0 bridgehead atoms. The van der Waals surface area contributed by atoms with Gasteiger partial charge in [-0.25, -0.2) is 0 Å². The molecule has 200 valence electrons. The molecule has 2 aromatic rings. The SMILES string of the molecule is COc1ccc(CN2C[C@@H](COc3ccc4c(c3)CCC4)C[C@@H](C(=O)NC3CCCCC3)C2)cc1OC. The number of rotatable bonds is 9. The molecule has 1 N–H and O–H groups in total. The number of hydrogen-bond acceptors (Lipinski definition) is 5. The number of nitrogens with one attached hydrogen (secondary N) is 1. The van der Waals surface area contributed by atoms with E-state index in [0.29, 0.717) is 18.6 Å². The normalized spacial score (nSPS) is 22.3. The second-order valence-corrected chi connectivity index (χ2v) is 11.1. The Labute approximate surface area is 221 Å². The van der Waals surface area contributed by atoms with Crippen LogP contribution in [0.25, 0.3) is 0 Å². The fourth-order valence-corrected chi connectivity index (χ4v) is 6.40. The van der Waals surface area contributed by atoms with Gasteiger partial charge in [0.05, 0.1) is 26.7 Å². The van der Waals surface area contributed by atoms with Gasteiger partial charge < -0.3 is 19.5 Å². The summed E-state index contributed by atoms with van der Waals surface area (Å²) in [5.74, 6) is 2.91. The third-order valence-electron chi connectivity index (χ3n) is 8.34. The van der Waals surface area contributed by atoms with Crippen molar-refractivity contribution in [1.82, 2.24) is 10.2 Å². The molecular formula is C31H42N2O4. The summed E-state index contributed by atoms with van der Waals surface area (Å²) in [5, 5.41) is 3.39. The average Bonchev–Trinajstić information content (AvgIpc) is 3.40. The van der Waals surface area contributed by atoms with Gasteiger partial charge in [0.2, 0.25) is 5.91 Å². The third-order valence-corrected chi connectivity index (χ3v) is 8.34. The van der Waals surface area contributed by atoms with Crippen LogP contribution >= 0.6 is 0 Å². The minimum absolute atomic E-state index is 0.0237. The zero-order valence-electron chi connectivity index (χ0n) is 22.5. The highest BCUT2D eigenvalue weighted by Crippen LogP contribution is 2.31. The Morgan fingerprint density at radius 1 is 0.919 bits per heavy atom. The fourth-order valence-electron chi connectivity index (χ4n) is 6.40. The summed E-state index contributed by atoms with van der Waals surface area (Å²) in [4.78, 5) is 15.8. The molecule has 2 aliphatic carbocycles. The maximum atomic E-state index is 13.4. The lowest BCUT2D eigenvalue weighted by Gasteiger charge is -2.38. The van der Waals surface area contributed by atoms with E-state index in [2.05, 4.69) is 34.5 Å². The van der Waals surface area contributed by atoms with E-state index in [1.54, 1.807) is 14.2 Å². The van der Waals surface area contributed by atoms with Crippen LogP contribution in [-0.2, 0) is 24.2 Å². The average molecular weight is 507 g/mol. The molecule has 1 saturated carbocycles. The highest BCUT2D eigenvalue weighted by Gasteiger charge is 2.33. The van der Waals surface area contributed by atoms with E-state index in [4.69, 9.17) is 14.2 Å². The number of benzene rings is 2. The van der Waals surface area contributed by atoms with Crippen LogP contribution in [0.3, 0.4) is 0 Å². The number of nitrogens with zero attached hydrogens (tertiary/aromatic N) is 1. The Morgan fingerprint density at radius 2 is 1.73 bits per heavy atom. The van der Waals surface area contributed by atoms with E-state index < -0.39 is 0 Å². The quantitative estimate of drug-likeness (QED) is 0.509. The number of hydrogen-bond donors (Lipinski definition) is 1. The predicted molar refractivity (Wildman–Crippen MR) is 145 cm³/mol. The molecule has 6 nitrogen and oxygen atoms in total. The topological polar surface area (TPSA) is 60.0 Å². The monoisotopic (exact) mass is 506 g/mol. The molecule has 5 rings (SSSR count). The third kappa shape index (κ3) is 6.59. The van der Waals surface area contributed by atoms with Crippen LogP contribution in [0, 0.1) is 11.8 Å². The van der Waals surface area contributed by atoms with Gasteiger partial charge in [0.1, 0.15) is 5.75 Å². The van der Waals surface area contributed by atoms with Gasteiger partial charge in [0.25, 0.3) is 0 Å². The Bertz CT molecular complexity index is 1070. The number of piperidine rings is 1. The van der Waals surface area contributed by atoms with Crippen LogP contribution in [-0.4, -0.2) is 50.8 Å². The second kappa shape index (κ2) is 12.2. The maximum Gasteiger partial charge on any atom is 0.224 e. The highest BCUT2D eigenvalue weighted by molar-refractivity contribution is 5.79. The number of ether oxygens (including phenoxy) is 3. The molecule has 1 aliphatic heterocycles. The van der Waals surface area contributed by atoms with Crippen molar-refractivity contribution in [1.29, 1.82) is 0 Å². The molecule has 1 heterocycles. The first-order chi connectivity index (χ1) is 18.1. The van der Waals surface area contributed by atoms with Gasteiger partial charge in [-0.3, -0.25) is 9.69 Å². The largest absolute Gasteiger partial charge is 0.493 e. The Hall–Kier alpha value is -2.73. The van der Waals surface area contributed by atoms with Crippen LogP contribution in [0.4, 0.5) is 0 Å². The van der Waals surface area contributed by atoms with Crippen LogP contribution in [0.15, 0.2) is 36.4 Å². The van der Waals surface area contributed by atoms with E-state index in [1.165, 1.54) is 43.2 Å². The van der Waals surface area contributed by atoms with Crippen LogP contribution in [0.1, 0.15) is 61.6 Å². The van der Waals surface area contributed by atoms with Crippen molar-refractivity contribution in [3.05, 3.63) is 53.1 Å². The molecule has 2 fully saturated rings. The summed E-state index contributed by atoms with van der Waals surface area (Å²) < 4.78 is 17.3. The molecule has 6 heteroatoms. The molecule has 0 spiro atoms. The van der Waals surface area contributed by atoms with E-state index in [9.17, 15) is 4.79 Å². The van der Waals surface area contributed by atoms with Crippen LogP contribution in [0.2, 0.25) is 0 Å². The summed E-state index contributed by atoms with van der Waals surface area (Å²) >= 11 is 0. The standard InChI is InChI=1S/C31H42N2O4/c1-35-29-14-11-22(16-30(29)36-2)18-33-19-23(21-37-28-13-12-24-7-6-8-25(24)17-28)15-26(20-33)31(34)32-27-9-4-3-5-10-27/h11-14,16-17,23,26-27H,3-10,15,18-21H2,1-2H3,(H,32,34)/t23-,26+/m0/s1. The van der Waals surface area contributed by atoms with Crippen LogP contribution in [0.5, 0.6) is 17.2 Å². The van der Waals surface area contributed by atoms with Gasteiger partial charge in [-0.05, 0) is 79.5 Å². The Balaban J connectivity index is 1.26. The van der Waals surface area contributed by atoms with Crippen molar-refractivity contribution < 1.29 is 19.0 Å². The molecule has 37 heavy (non-hydrogen) atoms. The zero-order valence-corrected chi connectivity index (χ0v) is 22.5. The molecule has 3 aliphatic rings. The molecule has 2 atom stereocenters. The zero-order chi connectivity index (χ0) is 25.6. The van der Waals surface area contributed by atoms with Gasteiger partial charge in [-0.15, -0.1) is 0 Å². The molecule has 0 radical (unpaired) electrons.